The van der Waals surface area contributed by atoms with Crippen molar-refractivity contribution in [2.24, 2.45) is 0 Å². The van der Waals surface area contributed by atoms with Crippen molar-refractivity contribution in [3.8, 4) is 0 Å². The highest BCUT2D eigenvalue weighted by Gasteiger charge is 2.27. The molecule has 13 heteroatoms. The van der Waals surface area contributed by atoms with E-state index in [9.17, 15) is 13.2 Å². The van der Waals surface area contributed by atoms with Crippen molar-refractivity contribution < 1.29 is 17.9 Å². The third kappa shape index (κ3) is 6.58. The summed E-state index contributed by atoms with van der Waals surface area (Å²) < 4.78 is 44.1. The minimum Gasteiger partial charge on any atom is -0.350 e. The number of nitrogens with zero attached hydrogens (tertiary/aromatic N) is 4. The van der Waals surface area contributed by atoms with Gasteiger partial charge in [0.1, 0.15) is 13.3 Å². The molecule has 0 aliphatic carbocycles. The molecular formula is C19H19Cl2F3N6OS. The van der Waals surface area contributed by atoms with Gasteiger partial charge in [0, 0.05) is 0 Å². The average molecular weight is 507 g/mol. The fraction of sp³-hybridized carbons (Fsp3) is 0.316. The first-order valence-electron chi connectivity index (χ1n) is 9.24. The van der Waals surface area contributed by atoms with Crippen LogP contribution in [-0.4, -0.2) is 37.5 Å². The molecular weight excluding hydrogens is 488 g/mol. The van der Waals surface area contributed by atoms with Gasteiger partial charge in [-0.3, -0.25) is 4.68 Å². The van der Waals surface area contributed by atoms with E-state index in [4.69, 9.17) is 35.4 Å². The third-order valence-electron chi connectivity index (χ3n) is 4.32. The Labute approximate surface area is 197 Å². The predicted octanol–water partition coefficient (Wildman–Crippen LogP) is 5.40. The normalized spacial score (nSPS) is 11.6. The second-order valence-electron chi connectivity index (χ2n) is 6.89. The second-order valence-corrected chi connectivity index (χ2v) is 8.11. The summed E-state index contributed by atoms with van der Waals surface area (Å²) in [6, 6.07) is 5.40. The number of anilines is 2. The molecule has 0 radical (unpaired) electrons. The number of nitrogens with one attached hydrogen (secondary N) is 2. The lowest BCUT2D eigenvalue weighted by Crippen LogP contribution is -2.20. The smallest absolute Gasteiger partial charge is 0.350 e. The summed E-state index contributed by atoms with van der Waals surface area (Å²) in [6.45, 7) is 2.56. The van der Waals surface area contributed by atoms with E-state index in [1.165, 1.54) is 17.1 Å². The molecule has 0 aliphatic heterocycles. The van der Waals surface area contributed by atoms with E-state index in [1.807, 2.05) is 24.6 Å². The quantitative estimate of drug-likeness (QED) is 0.418. The van der Waals surface area contributed by atoms with Gasteiger partial charge < -0.3 is 15.4 Å². The lowest BCUT2D eigenvalue weighted by molar-refractivity contribution is -0.182. The van der Waals surface area contributed by atoms with Crippen LogP contribution < -0.4 is 10.6 Å². The first kappa shape index (κ1) is 24.3. The number of alkyl halides is 3. The van der Waals surface area contributed by atoms with Crippen LogP contribution in [0.2, 0.25) is 10.0 Å². The second kappa shape index (κ2) is 10.1. The Bertz CT molecular complexity index is 1120. The Morgan fingerprint density at radius 2 is 1.94 bits per heavy atom. The van der Waals surface area contributed by atoms with Crippen molar-refractivity contribution in [3.63, 3.8) is 0 Å². The molecule has 32 heavy (non-hydrogen) atoms. The third-order valence-corrected chi connectivity index (χ3v) is 5.26. The highest BCUT2D eigenvalue weighted by Crippen LogP contribution is 2.25. The van der Waals surface area contributed by atoms with Crippen LogP contribution in [0.1, 0.15) is 17.0 Å². The van der Waals surface area contributed by atoms with Crippen LogP contribution in [0, 0.1) is 13.8 Å². The summed E-state index contributed by atoms with van der Waals surface area (Å²) in [5.74, 6) is 0. The Morgan fingerprint density at radius 3 is 2.62 bits per heavy atom. The van der Waals surface area contributed by atoms with Crippen molar-refractivity contribution in [1.82, 2.24) is 19.6 Å². The van der Waals surface area contributed by atoms with Crippen molar-refractivity contribution in [2.75, 3.05) is 17.2 Å². The molecule has 0 unspecified atom stereocenters. The van der Waals surface area contributed by atoms with Crippen molar-refractivity contribution >= 4 is 51.9 Å². The number of aryl methyl sites for hydroxylation is 1. The van der Waals surface area contributed by atoms with Gasteiger partial charge in [-0.05, 0) is 43.8 Å². The molecule has 0 bridgehead atoms. The number of hydrogen-bond acceptors (Lipinski definition) is 4. The molecule has 0 spiro atoms. The Kier molecular flexibility index (Phi) is 7.65. The fourth-order valence-electron chi connectivity index (χ4n) is 2.87. The zero-order valence-corrected chi connectivity index (χ0v) is 19.3. The maximum atomic E-state index is 12.2. The number of halogens is 5. The molecule has 2 N–H and O–H groups in total. The van der Waals surface area contributed by atoms with E-state index in [0.29, 0.717) is 22.3 Å². The van der Waals surface area contributed by atoms with Crippen LogP contribution in [-0.2, 0) is 18.0 Å². The van der Waals surface area contributed by atoms with Crippen LogP contribution in [0.15, 0.2) is 30.6 Å². The fourth-order valence-corrected chi connectivity index (χ4v) is 3.41. The number of aromatic nitrogens is 4. The number of hydrogen-bond donors (Lipinski definition) is 2. The molecule has 3 rings (SSSR count). The zero-order chi connectivity index (χ0) is 23.5. The average Bonchev–Trinajstić information content (AvgIpc) is 3.23. The summed E-state index contributed by atoms with van der Waals surface area (Å²) in [5, 5.41) is 15.7. The molecule has 0 saturated heterocycles. The van der Waals surface area contributed by atoms with Crippen LogP contribution in [0.5, 0.6) is 0 Å². The Morgan fingerprint density at radius 1 is 1.19 bits per heavy atom. The first-order valence-corrected chi connectivity index (χ1v) is 10.4. The lowest BCUT2D eigenvalue weighted by Gasteiger charge is -2.10. The minimum absolute atomic E-state index is 0.279. The highest BCUT2D eigenvalue weighted by atomic mass is 35.5. The summed E-state index contributed by atoms with van der Waals surface area (Å²) in [7, 11) is 0. The monoisotopic (exact) mass is 506 g/mol. The van der Waals surface area contributed by atoms with E-state index < -0.39 is 12.8 Å². The van der Waals surface area contributed by atoms with Crippen LogP contribution in [0.25, 0.3) is 0 Å². The van der Waals surface area contributed by atoms with Gasteiger partial charge in [0.15, 0.2) is 5.11 Å². The molecule has 2 heterocycles. The number of thiocarbonyl (C=S) groups is 1. The molecule has 0 aliphatic rings. The molecule has 0 fully saturated rings. The van der Waals surface area contributed by atoms with Gasteiger partial charge in [0.2, 0.25) is 0 Å². The largest absolute Gasteiger partial charge is 0.411 e. The van der Waals surface area contributed by atoms with E-state index in [-0.39, 0.29) is 11.8 Å². The molecule has 0 atom stereocenters. The van der Waals surface area contributed by atoms with E-state index >= 15 is 0 Å². The van der Waals surface area contributed by atoms with Gasteiger partial charge >= 0.3 is 6.18 Å². The standard InChI is InChI=1S/C19H19Cl2F3N6OS/c1-11-17(12(2)30(28-11)7-13-3-4-15(20)16(21)5-13)27-18(32)26-14-6-25-29(8-14)10-31-9-19(22,23)24/h3-6,8H,7,9-10H2,1-2H3,(H2,26,27,32). The first-order chi connectivity index (χ1) is 15.0. The van der Waals surface area contributed by atoms with Gasteiger partial charge in [-0.1, -0.05) is 29.3 Å². The molecule has 0 saturated carbocycles. The Hall–Kier alpha value is -2.34. The number of ether oxygens (including phenoxy) is 1. The summed E-state index contributed by atoms with van der Waals surface area (Å²) in [6.07, 6.45) is -1.48. The van der Waals surface area contributed by atoms with Crippen LogP contribution >= 0.6 is 35.4 Å². The SMILES string of the molecule is Cc1nn(Cc2ccc(Cl)c(Cl)c2)c(C)c1NC(=S)Nc1cnn(COCC(F)(F)F)c1. The topological polar surface area (TPSA) is 68.9 Å². The predicted molar refractivity (Wildman–Crippen MR) is 121 cm³/mol. The Balaban J connectivity index is 1.60. The van der Waals surface area contributed by atoms with Crippen molar-refractivity contribution in [3.05, 3.63) is 57.6 Å². The van der Waals surface area contributed by atoms with E-state index in [0.717, 1.165) is 22.6 Å². The molecule has 7 nitrogen and oxygen atoms in total. The maximum Gasteiger partial charge on any atom is 0.411 e. The lowest BCUT2D eigenvalue weighted by atomic mass is 10.2. The van der Waals surface area contributed by atoms with Gasteiger partial charge in [0.25, 0.3) is 0 Å². The zero-order valence-electron chi connectivity index (χ0n) is 17.0. The summed E-state index contributed by atoms with van der Waals surface area (Å²) in [5.41, 5.74) is 3.77. The van der Waals surface area contributed by atoms with Crippen molar-refractivity contribution in [1.29, 1.82) is 0 Å². The minimum atomic E-state index is -4.39. The van der Waals surface area contributed by atoms with Crippen LogP contribution in [0.4, 0.5) is 24.5 Å². The molecule has 1 aromatic carbocycles. The van der Waals surface area contributed by atoms with Gasteiger partial charge in [0.05, 0.1) is 51.7 Å². The van der Waals surface area contributed by atoms with Gasteiger partial charge in [-0.2, -0.15) is 23.4 Å². The van der Waals surface area contributed by atoms with Crippen molar-refractivity contribution in [2.45, 2.75) is 33.3 Å². The van der Waals surface area contributed by atoms with E-state index in [1.54, 1.807) is 12.1 Å². The maximum absolute atomic E-state index is 12.2. The number of benzene rings is 1. The molecule has 0 amide bonds. The van der Waals surface area contributed by atoms with Gasteiger partial charge in [-0.25, -0.2) is 4.68 Å². The molecule has 172 valence electrons. The highest BCUT2D eigenvalue weighted by molar-refractivity contribution is 7.80. The number of rotatable bonds is 7. The summed E-state index contributed by atoms with van der Waals surface area (Å²) in [4.78, 5) is 0. The summed E-state index contributed by atoms with van der Waals surface area (Å²) >= 11 is 17.4. The van der Waals surface area contributed by atoms with Gasteiger partial charge in [-0.15, -0.1) is 0 Å². The van der Waals surface area contributed by atoms with E-state index in [2.05, 4.69) is 25.6 Å². The molecule has 3 aromatic rings. The molecule has 2 aromatic heterocycles. The van der Waals surface area contributed by atoms with Crippen LogP contribution in [0.3, 0.4) is 0 Å².